The molecule has 1 rings (SSSR count). The van der Waals surface area contributed by atoms with Gasteiger partial charge >= 0.3 is 0 Å². The molecule has 0 aliphatic heterocycles. The molecule has 1 aromatic rings. The molecular weight excluding hydrogens is 180 g/mol. The topological polar surface area (TPSA) is 0 Å². The van der Waals surface area contributed by atoms with E-state index in [-0.39, 0.29) is 0 Å². The molecule has 0 spiro atoms. The fourth-order valence-corrected chi connectivity index (χ4v) is 1.29. The number of hydrogen-bond donors (Lipinski definition) is 0. The van der Waals surface area contributed by atoms with Gasteiger partial charge in [-0.1, -0.05) is 41.7 Å². The Morgan fingerprint density at radius 2 is 2.00 bits per heavy atom. The summed E-state index contributed by atoms with van der Waals surface area (Å²) in [6, 6.07) is 10.1. The first-order valence-electron chi connectivity index (χ1n) is 5.48. The molecule has 0 saturated heterocycles. The third kappa shape index (κ3) is 5.08. The first kappa shape index (κ1) is 11.6. The van der Waals surface area contributed by atoms with E-state index in [0.717, 1.165) is 18.4 Å². The van der Waals surface area contributed by atoms with Crippen molar-refractivity contribution in [2.45, 2.75) is 33.1 Å². The van der Waals surface area contributed by atoms with Gasteiger partial charge in [0.1, 0.15) is 0 Å². The van der Waals surface area contributed by atoms with Crippen LogP contribution in [0.5, 0.6) is 0 Å². The summed E-state index contributed by atoms with van der Waals surface area (Å²) in [6.45, 7) is 4.26. The normalized spacial score (nSPS) is 10.7. The molecule has 0 heterocycles. The van der Waals surface area contributed by atoms with Crippen molar-refractivity contribution < 1.29 is 0 Å². The average molecular weight is 198 g/mol. The van der Waals surface area contributed by atoms with Crippen molar-refractivity contribution in [3.63, 3.8) is 0 Å². The summed E-state index contributed by atoms with van der Waals surface area (Å²) >= 11 is 0. The zero-order valence-electron chi connectivity index (χ0n) is 9.59. The molecule has 0 saturated carbocycles. The minimum Gasteiger partial charge on any atom is -0.0979 e. The molecule has 0 aromatic heterocycles. The smallest absolute Gasteiger partial charge is 0.0245 e. The van der Waals surface area contributed by atoms with Crippen LogP contribution < -0.4 is 0 Å². The van der Waals surface area contributed by atoms with Gasteiger partial charge in [-0.2, -0.15) is 0 Å². The largest absolute Gasteiger partial charge is 0.0979 e. The van der Waals surface area contributed by atoms with E-state index in [0.29, 0.717) is 0 Å². The van der Waals surface area contributed by atoms with E-state index < -0.39 is 0 Å². The fourth-order valence-electron chi connectivity index (χ4n) is 1.29. The lowest BCUT2D eigenvalue weighted by Gasteiger charge is -1.95. The van der Waals surface area contributed by atoms with E-state index in [9.17, 15) is 0 Å². The van der Waals surface area contributed by atoms with Crippen molar-refractivity contribution in [3.8, 4) is 11.8 Å². The lowest BCUT2D eigenvalue weighted by atomic mass is 10.1. The van der Waals surface area contributed by atoms with Gasteiger partial charge in [0.15, 0.2) is 0 Å². The minimum absolute atomic E-state index is 0.986. The van der Waals surface area contributed by atoms with Gasteiger partial charge in [0.25, 0.3) is 0 Å². The Morgan fingerprint density at radius 1 is 1.27 bits per heavy atom. The highest BCUT2D eigenvalue weighted by Crippen LogP contribution is 2.05. The van der Waals surface area contributed by atoms with Crippen LogP contribution in [0.15, 0.2) is 42.0 Å². The molecule has 0 bridgehead atoms. The van der Waals surface area contributed by atoms with E-state index >= 15 is 0 Å². The maximum Gasteiger partial charge on any atom is 0.0245 e. The zero-order valence-corrected chi connectivity index (χ0v) is 9.59. The molecule has 0 N–H and O–H groups in total. The van der Waals surface area contributed by atoms with Crippen LogP contribution in [0.25, 0.3) is 0 Å². The Kier molecular flexibility index (Phi) is 5.33. The predicted octanol–water partition coefficient (Wildman–Crippen LogP) is 4.17. The predicted molar refractivity (Wildman–Crippen MR) is 66.6 cm³/mol. The Morgan fingerprint density at radius 3 is 2.67 bits per heavy atom. The van der Waals surface area contributed by atoms with Gasteiger partial charge in [-0.3, -0.25) is 0 Å². The molecule has 15 heavy (non-hydrogen) atoms. The van der Waals surface area contributed by atoms with Crippen LogP contribution in [0, 0.1) is 11.8 Å². The van der Waals surface area contributed by atoms with Crippen LogP contribution in [-0.2, 0) is 0 Å². The Bertz CT molecular complexity index is 360. The zero-order chi connectivity index (χ0) is 10.9. The van der Waals surface area contributed by atoms with Gasteiger partial charge in [0.2, 0.25) is 0 Å². The van der Waals surface area contributed by atoms with Gasteiger partial charge < -0.3 is 0 Å². The lowest BCUT2D eigenvalue weighted by Crippen LogP contribution is -1.77. The number of allylic oxidation sites excluding steroid dienone is 2. The average Bonchev–Trinajstić information content (AvgIpc) is 2.29. The lowest BCUT2D eigenvalue weighted by molar-refractivity contribution is 0.844. The SMILES string of the molecule is C/C=C(\C)CCCC#Cc1ccccc1. The Hall–Kier alpha value is -1.48. The van der Waals surface area contributed by atoms with E-state index in [1.54, 1.807) is 0 Å². The van der Waals surface area contributed by atoms with E-state index in [1.165, 1.54) is 12.0 Å². The minimum atomic E-state index is 0.986. The second-order valence-electron chi connectivity index (χ2n) is 3.66. The summed E-state index contributed by atoms with van der Waals surface area (Å²) in [5.74, 6) is 6.37. The highest BCUT2D eigenvalue weighted by Gasteiger charge is 1.87. The van der Waals surface area contributed by atoms with Crippen molar-refractivity contribution >= 4 is 0 Å². The molecule has 0 amide bonds. The summed E-state index contributed by atoms with van der Waals surface area (Å²) in [5.41, 5.74) is 2.57. The first-order chi connectivity index (χ1) is 7.33. The van der Waals surface area contributed by atoms with Gasteiger partial charge in [0.05, 0.1) is 0 Å². The maximum absolute atomic E-state index is 3.20. The van der Waals surface area contributed by atoms with Crippen LogP contribution in [-0.4, -0.2) is 0 Å². The molecule has 0 nitrogen and oxygen atoms in total. The Labute approximate surface area is 93.0 Å². The molecule has 78 valence electrons. The van der Waals surface area contributed by atoms with Crippen molar-refractivity contribution in [1.82, 2.24) is 0 Å². The molecule has 0 unspecified atom stereocenters. The monoisotopic (exact) mass is 198 g/mol. The van der Waals surface area contributed by atoms with Crippen molar-refractivity contribution in [1.29, 1.82) is 0 Å². The summed E-state index contributed by atoms with van der Waals surface area (Å²) < 4.78 is 0. The van der Waals surface area contributed by atoms with E-state index in [2.05, 4.69) is 31.8 Å². The van der Waals surface area contributed by atoms with Crippen molar-refractivity contribution in [3.05, 3.63) is 47.5 Å². The van der Waals surface area contributed by atoms with Crippen LogP contribution in [0.1, 0.15) is 38.7 Å². The third-order valence-electron chi connectivity index (χ3n) is 2.37. The van der Waals surface area contributed by atoms with Gasteiger partial charge in [-0.25, -0.2) is 0 Å². The van der Waals surface area contributed by atoms with Gasteiger partial charge in [0, 0.05) is 12.0 Å². The van der Waals surface area contributed by atoms with Gasteiger partial charge in [-0.15, -0.1) is 0 Å². The number of hydrogen-bond acceptors (Lipinski definition) is 0. The molecule has 0 atom stereocenters. The van der Waals surface area contributed by atoms with Crippen LogP contribution in [0.4, 0.5) is 0 Å². The molecule has 0 heteroatoms. The third-order valence-corrected chi connectivity index (χ3v) is 2.37. The molecule has 0 radical (unpaired) electrons. The fraction of sp³-hybridized carbons (Fsp3) is 0.333. The summed E-state index contributed by atoms with van der Waals surface area (Å²) in [5, 5.41) is 0. The van der Waals surface area contributed by atoms with Crippen molar-refractivity contribution in [2.24, 2.45) is 0 Å². The van der Waals surface area contributed by atoms with E-state index in [1.807, 2.05) is 30.3 Å². The van der Waals surface area contributed by atoms with Crippen molar-refractivity contribution in [2.75, 3.05) is 0 Å². The van der Waals surface area contributed by atoms with Crippen LogP contribution in [0.2, 0.25) is 0 Å². The quantitative estimate of drug-likeness (QED) is 0.388. The van der Waals surface area contributed by atoms with Gasteiger partial charge in [-0.05, 0) is 38.8 Å². The van der Waals surface area contributed by atoms with Crippen LogP contribution >= 0.6 is 0 Å². The summed E-state index contributed by atoms with van der Waals surface area (Å²) in [7, 11) is 0. The molecule has 0 aliphatic carbocycles. The first-order valence-corrected chi connectivity index (χ1v) is 5.48. The second kappa shape index (κ2) is 6.90. The van der Waals surface area contributed by atoms with Crippen LogP contribution in [0.3, 0.4) is 0 Å². The van der Waals surface area contributed by atoms with E-state index in [4.69, 9.17) is 0 Å². The molecule has 0 aliphatic rings. The number of unbranched alkanes of at least 4 members (excludes halogenated alkanes) is 1. The highest BCUT2D eigenvalue weighted by atomic mass is 13.9. The second-order valence-corrected chi connectivity index (χ2v) is 3.66. The molecule has 1 aromatic carbocycles. The summed E-state index contributed by atoms with van der Waals surface area (Å²) in [6.07, 6.45) is 5.49. The summed E-state index contributed by atoms with van der Waals surface area (Å²) in [4.78, 5) is 0. The molecule has 0 fully saturated rings. The highest BCUT2D eigenvalue weighted by molar-refractivity contribution is 5.33. The molecular formula is C15H18. The number of benzene rings is 1. The standard InChI is InChI=1S/C15H18/c1-3-14(2)10-6-4-7-11-15-12-8-5-9-13-15/h3,5,8-9,12-13H,4,6,10H2,1-2H3/b14-3+. The number of rotatable bonds is 3. The Balaban J connectivity index is 2.29. The maximum atomic E-state index is 3.20.